The molecule has 6 aliphatic heterocycles. The number of aliphatic hydroxyl groups is 17. The van der Waals surface area contributed by atoms with Gasteiger partial charge in [0, 0.05) is 11.5 Å². The Bertz CT molecular complexity index is 3420. The van der Waals surface area contributed by atoms with Gasteiger partial charge in [-0.1, -0.05) is 51.5 Å². The minimum atomic E-state index is -2.19. The number of aliphatic hydroxyl groups excluding tert-OH is 17. The summed E-state index contributed by atoms with van der Waals surface area (Å²) in [6.07, 6.45) is -47.6. The van der Waals surface area contributed by atoms with Crippen molar-refractivity contribution in [1.82, 2.24) is 0 Å². The number of esters is 2. The van der Waals surface area contributed by atoms with Crippen molar-refractivity contribution in [3.8, 4) is 5.75 Å². The number of carboxylic acid groups (broad SMARTS) is 1. The highest BCUT2D eigenvalue weighted by Crippen LogP contribution is 2.76. The van der Waals surface area contributed by atoms with Gasteiger partial charge in [0.05, 0.1) is 68.8 Å². The number of hydrogen-bond acceptors (Lipinski definition) is 34. The fourth-order valence-electron chi connectivity index (χ4n) is 20.4. The molecule has 6 saturated heterocycles. The van der Waals surface area contributed by atoms with Gasteiger partial charge in [0.2, 0.25) is 6.29 Å². The predicted molar refractivity (Wildman–Crippen MR) is 368 cm³/mol. The van der Waals surface area contributed by atoms with Crippen molar-refractivity contribution in [3.63, 3.8) is 0 Å². The van der Waals surface area contributed by atoms with Crippen LogP contribution < -0.4 is 4.74 Å². The first kappa shape index (κ1) is 85.2. The van der Waals surface area contributed by atoms with E-state index in [4.69, 9.17) is 66.3 Å². The molecule has 35 nitrogen and oxygen atoms in total. The van der Waals surface area contributed by atoms with Crippen LogP contribution in [0.3, 0.4) is 0 Å². The van der Waals surface area contributed by atoms with Crippen LogP contribution in [0, 0.1) is 50.2 Å². The van der Waals surface area contributed by atoms with Gasteiger partial charge in [-0.05, 0) is 143 Å². The van der Waals surface area contributed by atoms with E-state index < -0.39 is 285 Å². The van der Waals surface area contributed by atoms with Crippen molar-refractivity contribution in [2.75, 3.05) is 33.5 Å². The molecule has 35 heteroatoms. The highest BCUT2D eigenvalue weighted by atomic mass is 16.8. The minimum absolute atomic E-state index is 0.0192. The number of carbonyl (C=O) groups is 3. The van der Waals surface area contributed by atoms with E-state index in [9.17, 15) is 102 Å². The van der Waals surface area contributed by atoms with Gasteiger partial charge in [0.25, 0.3) is 0 Å². The number of aliphatic carboxylic acids is 1. The summed E-state index contributed by atoms with van der Waals surface area (Å²) < 4.78 is 84.7. The molecule has 10 fully saturated rings. The highest BCUT2D eigenvalue weighted by molar-refractivity contribution is 5.87. The molecule has 39 atom stereocenters. The fourth-order valence-corrected chi connectivity index (χ4v) is 20.4. The lowest BCUT2D eigenvalue weighted by molar-refractivity contribution is -0.396. The van der Waals surface area contributed by atoms with Crippen LogP contribution in [-0.2, 0) is 76.0 Å². The first-order chi connectivity index (χ1) is 51.8. The number of carbonyl (C=O) groups excluding carboxylic acids is 2. The van der Waals surface area contributed by atoms with E-state index in [-0.39, 0.29) is 32.1 Å². The normalized spacial score (nSPS) is 50.2. The van der Waals surface area contributed by atoms with E-state index in [1.807, 2.05) is 13.0 Å². The predicted octanol–water partition coefficient (Wildman–Crippen LogP) is -3.38. The third kappa shape index (κ3) is 15.0. The summed E-state index contributed by atoms with van der Waals surface area (Å²) in [6.45, 7) is 11.2. The molecule has 11 aliphatic rings. The molecule has 1 aromatic rings. The zero-order chi connectivity index (χ0) is 80.1. The van der Waals surface area contributed by atoms with Crippen molar-refractivity contribution in [2.45, 2.75) is 304 Å². The molecule has 0 bridgehead atoms. The maximum atomic E-state index is 16.2. The SMILES string of the molecule is COc1ccc(/C=C/C(=O)O[C@@H]2[C@H](O)[C@@H](O[C@@H]3O[C@@H](C)[C@H](O[C@@H]4OC[C@@H](O[C@@H]5O[C@H](CO)[C@H](O)[C@H](O)[C@H]5O)[C@H](O)[C@H]4O)[C@@H](O[C@@H]4O[C@@H](C)[C@H](O)[C@@H](O)[C@H]4O)[C@H]3O)[C@H](OC(=O)[C@]34CCC(C)(C)C[C@H]3C3=CC[C@@H]5[C@@]6(C)C[C@H](O)[C@H](O[C@@H]7O[C@H](CO)[C@@H](O)[C@H](O)[C@H]7O)[C@@](C)(C(=O)O)[C@@H]6CC[C@@]5(C)[C@]3(CO)CC4)O[C@@H]2C)cc1. The van der Waals surface area contributed by atoms with Crippen molar-refractivity contribution in [1.29, 1.82) is 0 Å². The molecular weight excluding hydrogens is 1460 g/mol. The van der Waals surface area contributed by atoms with E-state index in [0.717, 1.165) is 11.6 Å². The van der Waals surface area contributed by atoms with Crippen molar-refractivity contribution >= 4 is 24.0 Å². The van der Waals surface area contributed by atoms with E-state index in [1.54, 1.807) is 24.3 Å². The Morgan fingerprint density at radius 3 is 1.68 bits per heavy atom. The topological polar surface area (TPSA) is 545 Å². The highest BCUT2D eigenvalue weighted by Gasteiger charge is 2.74. The van der Waals surface area contributed by atoms with Crippen LogP contribution in [0.4, 0.5) is 0 Å². The zero-order valence-corrected chi connectivity index (χ0v) is 62.9. The molecule has 18 N–H and O–H groups in total. The molecule has 0 unspecified atom stereocenters. The molecule has 6 heterocycles. The lowest BCUT2D eigenvalue weighted by atomic mass is 9.33. The van der Waals surface area contributed by atoms with E-state index >= 15 is 4.79 Å². The van der Waals surface area contributed by atoms with Gasteiger partial charge in [-0.15, -0.1) is 0 Å². The van der Waals surface area contributed by atoms with E-state index in [1.165, 1.54) is 40.9 Å². The van der Waals surface area contributed by atoms with Gasteiger partial charge >= 0.3 is 17.9 Å². The molecule has 5 aliphatic carbocycles. The Kier molecular flexibility index (Phi) is 25.3. The molecular formula is C75H112O35. The summed E-state index contributed by atoms with van der Waals surface area (Å²) in [7, 11) is 1.49. The van der Waals surface area contributed by atoms with Gasteiger partial charge in [0.15, 0.2) is 43.7 Å². The first-order valence-corrected chi connectivity index (χ1v) is 38.0. The number of ether oxygens (including phenoxy) is 14. The van der Waals surface area contributed by atoms with E-state index in [0.29, 0.717) is 37.0 Å². The number of allylic oxidation sites excluding steroid dienone is 1. The number of fused-ring (bicyclic) bond motifs is 7. The quantitative estimate of drug-likeness (QED) is 0.0262. The largest absolute Gasteiger partial charge is 0.497 e. The minimum Gasteiger partial charge on any atom is -0.497 e. The van der Waals surface area contributed by atoms with Crippen molar-refractivity contribution in [2.24, 2.45) is 50.2 Å². The Balaban J connectivity index is 0.841. The van der Waals surface area contributed by atoms with Gasteiger partial charge in [0.1, 0.15) is 122 Å². The second-order valence-corrected chi connectivity index (χ2v) is 33.7. The summed E-state index contributed by atoms with van der Waals surface area (Å²) >= 11 is 0. The summed E-state index contributed by atoms with van der Waals surface area (Å²) in [5, 5.41) is 201. The van der Waals surface area contributed by atoms with Crippen LogP contribution in [0.25, 0.3) is 6.08 Å². The molecule has 4 saturated carbocycles. The third-order valence-corrected chi connectivity index (χ3v) is 26.9. The lowest BCUT2D eigenvalue weighted by Gasteiger charge is -2.71. The average Bonchev–Trinajstić information content (AvgIpc) is 0.668. The van der Waals surface area contributed by atoms with Crippen LogP contribution >= 0.6 is 0 Å². The number of benzene rings is 1. The lowest BCUT2D eigenvalue weighted by Crippen LogP contribution is -2.71. The molecule has 0 amide bonds. The smallest absolute Gasteiger partial charge is 0.331 e. The maximum Gasteiger partial charge on any atom is 0.331 e. The number of hydrogen-bond donors (Lipinski definition) is 18. The van der Waals surface area contributed by atoms with Crippen LogP contribution in [0.5, 0.6) is 5.75 Å². The van der Waals surface area contributed by atoms with E-state index in [2.05, 4.69) is 20.8 Å². The standard InChI is InChI=1S/C75H112O35/c1-30-44(81)48(85)52(89)63(99-30)107-59-56(93)66(100-32(3)58(59)106-62-51(88)47(84)40(28-98-62)104-64-53(90)49(86)45(82)38(26-76)102-64)108-60-55(92)57(105-43(80)17-12-33-10-13-34(97-9)14-11-33)31(2)101-67(60)110-69(96)74-21-20-70(4,5)24-36(74)35-15-16-41-71(6)25-37(79)61(109-65-54(91)50(87)46(83)39(27-77)103-65)73(8,68(94)95)42(71)18-19-72(41,7)75(35,29-78)23-22-74/h10-15,17,30-32,36-42,44-67,76-79,81-93H,16,18-29H2,1-9H3,(H,94,95)/b17-12+/t30-,31+,32-,36-,37-,38+,39+,40+,41+,42+,44-,45-,46+,47-,48+,49-,50-,51+,52+,53+,54+,55-,56+,57-,58-,59-,60+,61-,62-,63-,64-,65-,66-,67-,71+,72+,73-,74-,75-/m0/s1. The van der Waals surface area contributed by atoms with Crippen molar-refractivity contribution < 1.29 is 173 Å². The molecule has 0 aromatic heterocycles. The van der Waals surface area contributed by atoms with Gasteiger partial charge in [-0.2, -0.15) is 0 Å². The van der Waals surface area contributed by atoms with Crippen LogP contribution in [-0.4, -0.2) is 334 Å². The molecule has 0 radical (unpaired) electrons. The van der Waals surface area contributed by atoms with Crippen molar-refractivity contribution in [3.05, 3.63) is 47.6 Å². The monoisotopic (exact) mass is 1570 g/mol. The zero-order valence-electron chi connectivity index (χ0n) is 62.9. The van der Waals surface area contributed by atoms with Crippen LogP contribution in [0.1, 0.15) is 119 Å². The summed E-state index contributed by atoms with van der Waals surface area (Å²) in [4.78, 5) is 44.1. The van der Waals surface area contributed by atoms with Gasteiger partial charge in [-0.25, -0.2) is 4.79 Å². The first-order valence-electron chi connectivity index (χ1n) is 38.0. The second-order valence-electron chi connectivity index (χ2n) is 33.7. The Morgan fingerprint density at radius 2 is 1.07 bits per heavy atom. The molecule has 0 spiro atoms. The van der Waals surface area contributed by atoms with Gasteiger partial charge < -0.3 is 158 Å². The molecule has 622 valence electrons. The second kappa shape index (κ2) is 32.7. The van der Waals surface area contributed by atoms with Crippen LogP contribution in [0.15, 0.2) is 42.0 Å². The number of carboxylic acids is 1. The Labute approximate surface area is 635 Å². The Morgan fingerprint density at radius 1 is 0.527 bits per heavy atom. The summed E-state index contributed by atoms with van der Waals surface area (Å²) in [5.74, 6) is -4.33. The molecule has 110 heavy (non-hydrogen) atoms. The van der Waals surface area contributed by atoms with Crippen LogP contribution in [0.2, 0.25) is 0 Å². The average molecular weight is 1570 g/mol. The molecule has 1 aromatic carbocycles. The fraction of sp³-hybridized carbons (Fsp3) is 0.827. The summed E-state index contributed by atoms with van der Waals surface area (Å²) in [6, 6.07) is 6.68. The number of rotatable bonds is 20. The maximum absolute atomic E-state index is 16.2. The van der Waals surface area contributed by atoms with Gasteiger partial charge in [-0.3, -0.25) is 9.59 Å². The third-order valence-electron chi connectivity index (χ3n) is 26.9. The summed E-state index contributed by atoms with van der Waals surface area (Å²) in [5.41, 5.74) is -5.24. The number of methoxy groups -OCH3 is 1. The Hall–Kier alpha value is -4.21. The molecule has 12 rings (SSSR count).